The molecule has 3 aromatic rings. The van der Waals surface area contributed by atoms with E-state index in [0.717, 1.165) is 15.9 Å². The van der Waals surface area contributed by atoms with Gasteiger partial charge in [-0.3, -0.25) is 19.2 Å². The minimum absolute atomic E-state index is 0.0509. The molecule has 3 aromatic carbocycles. The Morgan fingerprint density at radius 3 is 2.41 bits per heavy atom. The number of amides is 3. The van der Waals surface area contributed by atoms with Gasteiger partial charge in [0.15, 0.2) is 0 Å². The number of para-hydroxylation sites is 1. The number of thiol groups is 1. The molecule has 0 aliphatic heterocycles. The average Bonchev–Trinajstić information content (AvgIpc) is 2.82. The number of hydrogen-bond donors (Lipinski definition) is 3. The quantitative estimate of drug-likeness (QED) is 0.221. The summed E-state index contributed by atoms with van der Waals surface area (Å²) < 4.78 is 6.08. The molecule has 0 radical (unpaired) electrons. The number of non-ortho nitro benzene ring substituents is 1. The Morgan fingerprint density at radius 2 is 1.79 bits per heavy atom. The molecule has 0 fully saturated rings. The summed E-state index contributed by atoms with van der Waals surface area (Å²) in [7, 11) is 1.36. The van der Waals surface area contributed by atoms with E-state index in [-0.39, 0.29) is 17.1 Å². The molecule has 0 spiro atoms. The van der Waals surface area contributed by atoms with Crippen LogP contribution in [0, 0.1) is 17.0 Å². The van der Waals surface area contributed by atoms with Gasteiger partial charge in [-0.1, -0.05) is 66.9 Å². The zero-order valence-corrected chi connectivity index (χ0v) is 19.8. The second kappa shape index (κ2) is 10.9. The summed E-state index contributed by atoms with van der Waals surface area (Å²) in [4.78, 5) is 37.0. The van der Waals surface area contributed by atoms with Crippen molar-refractivity contribution < 1.29 is 19.2 Å². The molecule has 0 aromatic heterocycles. The molecule has 0 saturated carbocycles. The van der Waals surface area contributed by atoms with Crippen molar-refractivity contribution in [3.8, 4) is 5.75 Å². The van der Waals surface area contributed by atoms with Crippen LogP contribution in [0.4, 0.5) is 21.9 Å². The van der Waals surface area contributed by atoms with Gasteiger partial charge >= 0.3 is 6.03 Å². The first-order valence-corrected chi connectivity index (χ1v) is 10.7. The molecule has 2 N–H and O–H groups in total. The third kappa shape index (κ3) is 5.59. The zero-order chi connectivity index (χ0) is 24.8. The van der Waals surface area contributed by atoms with Gasteiger partial charge in [0, 0.05) is 12.1 Å². The minimum atomic E-state index is -1.16. The monoisotopic (exact) mass is 500 g/mol. The van der Waals surface area contributed by atoms with Crippen molar-refractivity contribution in [1.82, 2.24) is 4.31 Å². The van der Waals surface area contributed by atoms with Crippen molar-refractivity contribution in [2.45, 2.75) is 13.0 Å². The average molecular weight is 501 g/mol. The van der Waals surface area contributed by atoms with Gasteiger partial charge in [0.05, 0.1) is 28.4 Å². The maximum Gasteiger partial charge on any atom is 0.332 e. The van der Waals surface area contributed by atoms with E-state index in [9.17, 15) is 19.7 Å². The molecule has 34 heavy (non-hydrogen) atoms. The summed E-state index contributed by atoms with van der Waals surface area (Å²) in [6.45, 7) is 1.79. The van der Waals surface area contributed by atoms with Crippen LogP contribution in [0.2, 0.25) is 5.02 Å². The second-order valence-corrected chi connectivity index (χ2v) is 7.99. The van der Waals surface area contributed by atoms with E-state index >= 15 is 0 Å². The molecule has 1 unspecified atom stereocenters. The van der Waals surface area contributed by atoms with Crippen molar-refractivity contribution in [2.24, 2.45) is 0 Å². The summed E-state index contributed by atoms with van der Waals surface area (Å²) in [6, 6.07) is 15.6. The van der Waals surface area contributed by atoms with Crippen molar-refractivity contribution in [3.63, 3.8) is 0 Å². The van der Waals surface area contributed by atoms with Gasteiger partial charge in [-0.2, -0.15) is 0 Å². The lowest BCUT2D eigenvalue weighted by Gasteiger charge is -2.27. The number of rotatable bonds is 7. The first-order valence-electron chi connectivity index (χ1n) is 9.95. The number of nitrogens with one attached hydrogen (secondary N) is 2. The molecular weight excluding hydrogens is 480 g/mol. The molecule has 176 valence electrons. The molecule has 0 saturated heterocycles. The number of halogens is 1. The van der Waals surface area contributed by atoms with Crippen LogP contribution < -0.4 is 15.4 Å². The smallest absolute Gasteiger partial charge is 0.332 e. The van der Waals surface area contributed by atoms with Crippen LogP contribution in [0.25, 0.3) is 0 Å². The highest BCUT2D eigenvalue weighted by atomic mass is 35.5. The van der Waals surface area contributed by atoms with Crippen LogP contribution >= 0.6 is 24.4 Å². The van der Waals surface area contributed by atoms with Gasteiger partial charge in [0.2, 0.25) is 0 Å². The third-order valence-corrected chi connectivity index (χ3v) is 5.65. The lowest BCUT2D eigenvalue weighted by atomic mass is 10.1. The van der Waals surface area contributed by atoms with Crippen molar-refractivity contribution in [2.75, 3.05) is 17.7 Å². The van der Waals surface area contributed by atoms with Gasteiger partial charge < -0.3 is 15.4 Å². The Labute approximate surface area is 206 Å². The number of carbonyl (C=O) groups is 2. The van der Waals surface area contributed by atoms with E-state index in [1.54, 1.807) is 55.5 Å². The number of nitro benzene ring substituents is 1. The highest BCUT2D eigenvalue weighted by Gasteiger charge is 2.31. The van der Waals surface area contributed by atoms with Gasteiger partial charge in [-0.15, -0.1) is 0 Å². The number of ether oxygens (including phenoxy) is 1. The Hall–Kier alpha value is -3.76. The fourth-order valence-corrected chi connectivity index (χ4v) is 3.77. The van der Waals surface area contributed by atoms with Crippen LogP contribution in [0.1, 0.15) is 17.2 Å². The highest BCUT2D eigenvalue weighted by molar-refractivity contribution is 7.78. The van der Waals surface area contributed by atoms with E-state index in [2.05, 4.69) is 23.4 Å². The number of nitrogens with zero attached hydrogens (tertiary/aromatic N) is 2. The second-order valence-electron chi connectivity index (χ2n) is 7.15. The lowest BCUT2D eigenvalue weighted by molar-refractivity contribution is -0.384. The maximum absolute atomic E-state index is 13.3. The molecule has 0 aliphatic carbocycles. The SMILES string of the molecule is COc1ccc([N+](=O)[O-])cc1NC(=O)N(S)C(C(=O)Nc1c(C)cccc1Cl)c1ccccc1. The maximum atomic E-state index is 13.3. The van der Waals surface area contributed by atoms with Crippen molar-refractivity contribution in [3.05, 3.63) is 93.0 Å². The number of hydrogen-bond acceptors (Lipinski definition) is 6. The molecular formula is C23H21ClN4O5S. The van der Waals surface area contributed by atoms with Crippen LogP contribution in [0.15, 0.2) is 66.7 Å². The summed E-state index contributed by atoms with van der Waals surface area (Å²) in [5.74, 6) is -0.355. The molecule has 11 heteroatoms. The predicted octanol–water partition coefficient (Wildman–Crippen LogP) is 5.62. The molecule has 3 rings (SSSR count). The highest BCUT2D eigenvalue weighted by Crippen LogP contribution is 2.32. The van der Waals surface area contributed by atoms with Gasteiger partial charge in [0.1, 0.15) is 11.8 Å². The fourth-order valence-electron chi connectivity index (χ4n) is 3.22. The van der Waals surface area contributed by atoms with Crippen LogP contribution in [-0.2, 0) is 4.79 Å². The van der Waals surface area contributed by atoms with E-state index in [1.165, 1.54) is 19.2 Å². The number of benzene rings is 3. The fraction of sp³-hybridized carbons (Fsp3) is 0.130. The molecule has 9 nitrogen and oxygen atoms in total. The third-order valence-electron chi connectivity index (χ3n) is 4.92. The molecule has 0 heterocycles. The van der Waals surface area contributed by atoms with E-state index < -0.39 is 22.9 Å². The molecule has 1 atom stereocenters. The number of methoxy groups -OCH3 is 1. The number of anilines is 2. The van der Waals surface area contributed by atoms with Crippen LogP contribution in [-0.4, -0.2) is 28.3 Å². The zero-order valence-electron chi connectivity index (χ0n) is 18.2. The Balaban J connectivity index is 1.93. The number of urea groups is 1. The first kappa shape index (κ1) is 24.9. The summed E-state index contributed by atoms with van der Waals surface area (Å²) in [5.41, 5.74) is 1.45. The largest absolute Gasteiger partial charge is 0.495 e. The minimum Gasteiger partial charge on any atom is -0.495 e. The number of carbonyl (C=O) groups excluding carboxylic acids is 2. The number of aryl methyl sites for hydroxylation is 1. The van der Waals surface area contributed by atoms with Crippen molar-refractivity contribution >= 4 is 53.4 Å². The molecule has 0 bridgehead atoms. The summed E-state index contributed by atoms with van der Waals surface area (Å²) >= 11 is 10.6. The Kier molecular flexibility index (Phi) is 7.98. The summed E-state index contributed by atoms with van der Waals surface area (Å²) in [5, 5.41) is 16.8. The van der Waals surface area contributed by atoms with E-state index in [4.69, 9.17) is 16.3 Å². The predicted molar refractivity (Wildman–Crippen MR) is 133 cm³/mol. The molecule has 0 aliphatic rings. The molecule has 3 amide bonds. The van der Waals surface area contributed by atoms with Crippen molar-refractivity contribution in [1.29, 1.82) is 0 Å². The topological polar surface area (TPSA) is 114 Å². The van der Waals surface area contributed by atoms with Crippen LogP contribution in [0.5, 0.6) is 5.75 Å². The van der Waals surface area contributed by atoms with Gasteiger partial charge in [0.25, 0.3) is 11.6 Å². The summed E-state index contributed by atoms with van der Waals surface area (Å²) in [6.07, 6.45) is 0. The normalized spacial score (nSPS) is 11.3. The van der Waals surface area contributed by atoms with E-state index in [0.29, 0.717) is 16.3 Å². The van der Waals surface area contributed by atoms with E-state index in [1.807, 2.05) is 0 Å². The lowest BCUT2D eigenvalue weighted by Crippen LogP contribution is -2.38. The standard InChI is InChI=1S/C23H21ClN4O5S/c1-14-7-6-10-17(24)20(14)26-22(29)21(15-8-4-3-5-9-15)27(34)23(30)25-18-13-16(28(31)32)11-12-19(18)33-2/h3-13,21,34H,1-2H3,(H,25,30)(H,26,29). The van der Waals surface area contributed by atoms with Gasteiger partial charge in [-0.05, 0) is 30.2 Å². The number of nitro groups is 1. The first-order chi connectivity index (χ1) is 16.2. The Bertz CT molecular complexity index is 1200. The van der Waals surface area contributed by atoms with Gasteiger partial charge in [-0.25, -0.2) is 4.79 Å². The Morgan fingerprint density at radius 1 is 1.09 bits per heavy atom. The van der Waals surface area contributed by atoms with Crippen LogP contribution in [0.3, 0.4) is 0 Å².